The molecular weight excluding hydrogens is 572 g/mol. The minimum Gasteiger partial charge on any atom is -0.495 e. The third kappa shape index (κ3) is 8.41. The van der Waals surface area contributed by atoms with Crippen LogP contribution in [0.1, 0.15) is 18.1 Å². The van der Waals surface area contributed by atoms with Crippen molar-refractivity contribution in [2.45, 2.75) is 25.9 Å². The number of nitrogens with zero attached hydrogens (tertiary/aromatic N) is 3. The average molecular weight is 603 g/mol. The highest BCUT2D eigenvalue weighted by Gasteiger charge is 2.34. The summed E-state index contributed by atoms with van der Waals surface area (Å²) in [7, 11) is -2.87. The number of halogens is 1. The summed E-state index contributed by atoms with van der Waals surface area (Å²) in [5, 5.41) is 14.6. The number of nitro benzene ring substituents is 1. The Labute approximate surface area is 243 Å². The van der Waals surface area contributed by atoms with Gasteiger partial charge in [0.1, 0.15) is 24.0 Å². The molecule has 218 valence electrons. The van der Waals surface area contributed by atoms with E-state index in [1.54, 1.807) is 31.2 Å². The molecule has 0 saturated heterocycles. The quantitative estimate of drug-likeness (QED) is 0.232. The SMILES string of the molecule is CCNC(=O)C(Cc1ccccc1)N(Cc1cccc(Cl)c1)C(=O)CN(c1cc([N+](=O)[O-])ccc1OC)S(C)(=O)=O. The second kappa shape index (κ2) is 14.0. The molecule has 0 aromatic heterocycles. The molecule has 0 radical (unpaired) electrons. The largest absolute Gasteiger partial charge is 0.495 e. The van der Waals surface area contributed by atoms with Crippen molar-refractivity contribution in [3.05, 3.63) is 99.1 Å². The lowest BCUT2D eigenvalue weighted by molar-refractivity contribution is -0.384. The van der Waals surface area contributed by atoms with Crippen LogP contribution in [0.4, 0.5) is 11.4 Å². The Kier molecular flexibility index (Phi) is 10.7. The number of hydrogen-bond acceptors (Lipinski definition) is 7. The summed E-state index contributed by atoms with van der Waals surface area (Å²) in [5.41, 5.74) is 0.833. The van der Waals surface area contributed by atoms with Crippen LogP contribution in [0.3, 0.4) is 0 Å². The number of ether oxygens (including phenoxy) is 1. The standard InChI is InChI=1S/C28H31ClN4O7S/c1-4-30-28(35)25(16-20-9-6-5-7-10-20)31(18-21-11-8-12-22(29)15-21)27(34)19-32(41(3,38)39)24-17-23(33(36)37)13-14-26(24)40-2/h5-15,17,25H,4,16,18-19H2,1-3H3,(H,30,35). The molecule has 1 atom stereocenters. The van der Waals surface area contributed by atoms with Gasteiger partial charge in [-0.05, 0) is 36.2 Å². The first-order valence-electron chi connectivity index (χ1n) is 12.6. The Balaban J connectivity index is 2.11. The molecule has 1 unspecified atom stereocenters. The summed E-state index contributed by atoms with van der Waals surface area (Å²) >= 11 is 6.19. The number of benzene rings is 3. The molecule has 13 heteroatoms. The van der Waals surface area contributed by atoms with Crippen LogP contribution >= 0.6 is 11.6 Å². The first-order chi connectivity index (χ1) is 19.4. The third-order valence-electron chi connectivity index (χ3n) is 6.19. The van der Waals surface area contributed by atoms with Crippen molar-refractivity contribution in [2.24, 2.45) is 0 Å². The molecule has 0 aliphatic rings. The second-order valence-electron chi connectivity index (χ2n) is 9.13. The molecule has 11 nitrogen and oxygen atoms in total. The predicted molar refractivity (Wildman–Crippen MR) is 156 cm³/mol. The number of carbonyl (C=O) groups is 2. The normalized spacial score (nSPS) is 11.8. The maximum absolute atomic E-state index is 14.1. The van der Waals surface area contributed by atoms with Gasteiger partial charge in [-0.3, -0.25) is 24.0 Å². The molecule has 0 heterocycles. The second-order valence-corrected chi connectivity index (χ2v) is 11.5. The molecule has 0 saturated carbocycles. The van der Waals surface area contributed by atoms with E-state index in [1.807, 2.05) is 30.3 Å². The molecule has 1 N–H and O–H groups in total. The number of hydrogen-bond donors (Lipinski definition) is 1. The number of nitrogens with one attached hydrogen (secondary N) is 1. The van der Waals surface area contributed by atoms with Crippen molar-refractivity contribution in [1.82, 2.24) is 10.2 Å². The van der Waals surface area contributed by atoms with E-state index in [0.717, 1.165) is 22.2 Å². The molecule has 2 amide bonds. The molecular formula is C28H31ClN4O7S. The molecule has 3 aromatic rings. The first kappa shape index (κ1) is 31.4. The van der Waals surface area contributed by atoms with Crippen molar-refractivity contribution in [2.75, 3.05) is 30.8 Å². The molecule has 41 heavy (non-hydrogen) atoms. The van der Waals surface area contributed by atoms with Crippen molar-refractivity contribution in [1.29, 1.82) is 0 Å². The third-order valence-corrected chi connectivity index (χ3v) is 7.55. The molecule has 0 fully saturated rings. The Morgan fingerprint density at radius 3 is 2.32 bits per heavy atom. The van der Waals surface area contributed by atoms with Crippen LogP contribution < -0.4 is 14.4 Å². The number of non-ortho nitro benzene ring substituents is 1. The first-order valence-corrected chi connectivity index (χ1v) is 14.8. The highest BCUT2D eigenvalue weighted by atomic mass is 35.5. The van der Waals surface area contributed by atoms with Gasteiger partial charge < -0.3 is 15.0 Å². The average Bonchev–Trinajstić information content (AvgIpc) is 2.93. The van der Waals surface area contributed by atoms with Gasteiger partial charge >= 0.3 is 0 Å². The fraction of sp³-hybridized carbons (Fsp3) is 0.286. The van der Waals surface area contributed by atoms with E-state index in [9.17, 15) is 28.1 Å². The number of likely N-dealkylation sites (N-methyl/N-ethyl adjacent to an activating group) is 1. The van der Waals surface area contributed by atoms with Gasteiger partial charge in [0.2, 0.25) is 21.8 Å². The van der Waals surface area contributed by atoms with E-state index < -0.39 is 39.3 Å². The summed E-state index contributed by atoms with van der Waals surface area (Å²) in [4.78, 5) is 39.5. The lowest BCUT2D eigenvalue weighted by Crippen LogP contribution is -2.53. The summed E-state index contributed by atoms with van der Waals surface area (Å²) in [6, 6.07) is 18.3. The zero-order valence-electron chi connectivity index (χ0n) is 22.8. The Morgan fingerprint density at radius 2 is 1.73 bits per heavy atom. The van der Waals surface area contributed by atoms with Gasteiger partial charge in [-0.2, -0.15) is 0 Å². The van der Waals surface area contributed by atoms with Crippen LogP contribution in [0.15, 0.2) is 72.8 Å². The number of rotatable bonds is 13. The van der Waals surface area contributed by atoms with Gasteiger partial charge in [0.05, 0.1) is 18.3 Å². The number of carbonyl (C=O) groups excluding carboxylic acids is 2. The van der Waals surface area contributed by atoms with Crippen molar-refractivity contribution >= 4 is 44.8 Å². The molecule has 0 aliphatic heterocycles. The van der Waals surface area contributed by atoms with E-state index in [1.165, 1.54) is 24.1 Å². The van der Waals surface area contributed by atoms with Gasteiger partial charge in [0, 0.05) is 36.7 Å². The number of nitro groups is 1. The molecule has 3 rings (SSSR count). The fourth-order valence-corrected chi connectivity index (χ4v) is 5.32. The number of anilines is 1. The van der Waals surface area contributed by atoms with E-state index in [2.05, 4.69) is 5.32 Å². The maximum atomic E-state index is 14.1. The number of amides is 2. The maximum Gasteiger partial charge on any atom is 0.271 e. The van der Waals surface area contributed by atoms with E-state index in [0.29, 0.717) is 17.1 Å². The van der Waals surface area contributed by atoms with Crippen molar-refractivity contribution < 1.29 is 27.7 Å². The molecule has 3 aromatic carbocycles. The summed E-state index contributed by atoms with van der Waals surface area (Å²) in [5.74, 6) is -1.12. The lowest BCUT2D eigenvalue weighted by Gasteiger charge is -2.33. The monoisotopic (exact) mass is 602 g/mol. The molecule has 0 bridgehead atoms. The Bertz CT molecular complexity index is 1500. The summed E-state index contributed by atoms with van der Waals surface area (Å²) < 4.78 is 32.0. The fourth-order valence-electron chi connectivity index (χ4n) is 4.26. The van der Waals surface area contributed by atoms with E-state index in [-0.39, 0.29) is 30.1 Å². The highest BCUT2D eigenvalue weighted by molar-refractivity contribution is 7.92. The lowest BCUT2D eigenvalue weighted by atomic mass is 10.0. The van der Waals surface area contributed by atoms with E-state index in [4.69, 9.17) is 16.3 Å². The molecule has 0 aliphatic carbocycles. The van der Waals surface area contributed by atoms with Crippen LogP contribution in [0, 0.1) is 10.1 Å². The zero-order valence-corrected chi connectivity index (χ0v) is 24.4. The van der Waals surface area contributed by atoms with Gasteiger partial charge in [-0.15, -0.1) is 0 Å². The van der Waals surface area contributed by atoms with Crippen LogP contribution in [0.25, 0.3) is 0 Å². The zero-order chi connectivity index (χ0) is 30.2. The number of methoxy groups -OCH3 is 1. The smallest absolute Gasteiger partial charge is 0.271 e. The van der Waals surface area contributed by atoms with E-state index >= 15 is 0 Å². The van der Waals surface area contributed by atoms with Gasteiger partial charge in [0.25, 0.3) is 5.69 Å². The minimum absolute atomic E-state index is 0.0137. The van der Waals surface area contributed by atoms with Crippen LogP contribution in [0.5, 0.6) is 5.75 Å². The highest BCUT2D eigenvalue weighted by Crippen LogP contribution is 2.34. The van der Waals surface area contributed by atoms with Gasteiger partial charge in [-0.25, -0.2) is 8.42 Å². The molecule has 0 spiro atoms. The topological polar surface area (TPSA) is 139 Å². The van der Waals surface area contributed by atoms with Gasteiger partial charge in [0.15, 0.2) is 0 Å². The van der Waals surface area contributed by atoms with Crippen LogP contribution in [-0.2, 0) is 32.6 Å². The van der Waals surface area contributed by atoms with Gasteiger partial charge in [-0.1, -0.05) is 54.1 Å². The summed E-state index contributed by atoms with van der Waals surface area (Å²) in [6.07, 6.45) is 1.03. The van der Waals surface area contributed by atoms with Crippen molar-refractivity contribution in [3.63, 3.8) is 0 Å². The van der Waals surface area contributed by atoms with Crippen LogP contribution in [0.2, 0.25) is 5.02 Å². The summed E-state index contributed by atoms with van der Waals surface area (Å²) in [6.45, 7) is 1.25. The van der Waals surface area contributed by atoms with Crippen molar-refractivity contribution in [3.8, 4) is 5.75 Å². The Hall–Kier alpha value is -4.16. The van der Waals surface area contributed by atoms with Crippen LogP contribution in [-0.4, -0.2) is 62.6 Å². The minimum atomic E-state index is -4.15. The Morgan fingerprint density at radius 1 is 1.05 bits per heavy atom. The predicted octanol–water partition coefficient (Wildman–Crippen LogP) is 3.80. The number of sulfonamides is 1.